The van der Waals surface area contributed by atoms with Crippen LogP contribution in [0.4, 0.5) is 0 Å². The van der Waals surface area contributed by atoms with Gasteiger partial charge in [-0.05, 0) is 13.8 Å². The van der Waals surface area contributed by atoms with Crippen LogP contribution < -0.4 is 0 Å². The van der Waals surface area contributed by atoms with Crippen molar-refractivity contribution in [1.82, 2.24) is 4.98 Å². The molecule has 1 N–H and O–H groups in total. The first-order chi connectivity index (χ1) is 6.50. The molecule has 0 bridgehead atoms. The summed E-state index contributed by atoms with van der Waals surface area (Å²) in [6.45, 7) is 3.26. The smallest absolute Gasteiger partial charge is 0.314 e. The first-order valence-electron chi connectivity index (χ1n) is 4.16. The highest BCUT2D eigenvalue weighted by Crippen LogP contribution is 2.35. The van der Waals surface area contributed by atoms with Crippen molar-refractivity contribution >= 4 is 17.3 Å². The Morgan fingerprint density at radius 3 is 2.79 bits per heavy atom. The van der Waals surface area contributed by atoms with Gasteiger partial charge in [-0.25, -0.2) is 4.98 Å². The largest absolute Gasteiger partial charge is 0.469 e. The average molecular weight is 215 g/mol. The fourth-order valence-electron chi connectivity index (χ4n) is 1.05. The molecule has 4 nitrogen and oxygen atoms in total. The highest BCUT2D eigenvalue weighted by Gasteiger charge is 2.39. The molecule has 0 spiro atoms. The minimum Gasteiger partial charge on any atom is -0.469 e. The van der Waals surface area contributed by atoms with Crippen molar-refractivity contribution in [2.45, 2.75) is 20.0 Å². The van der Waals surface area contributed by atoms with Crippen LogP contribution in [0.3, 0.4) is 0 Å². The molecule has 0 fully saturated rings. The molecular formula is C9H13NO3S. The van der Waals surface area contributed by atoms with Crippen molar-refractivity contribution in [3.8, 4) is 0 Å². The minimum absolute atomic E-state index is 0.444. The molecule has 1 aromatic heterocycles. The topological polar surface area (TPSA) is 59.4 Å². The number of aromatic nitrogens is 1. The van der Waals surface area contributed by atoms with E-state index in [0.717, 1.165) is 0 Å². The predicted octanol–water partition coefficient (Wildman–Crippen LogP) is 1.38. The van der Waals surface area contributed by atoms with E-state index in [-0.39, 0.29) is 0 Å². The average Bonchev–Trinajstić information content (AvgIpc) is 2.67. The lowest BCUT2D eigenvalue weighted by Gasteiger charge is -2.25. The zero-order valence-electron chi connectivity index (χ0n) is 8.35. The molecule has 78 valence electrons. The van der Waals surface area contributed by atoms with Crippen molar-refractivity contribution in [2.75, 3.05) is 7.11 Å². The van der Waals surface area contributed by atoms with Gasteiger partial charge in [0.15, 0.2) is 0 Å². The Bertz CT molecular complexity index is 308. The lowest BCUT2D eigenvalue weighted by Crippen LogP contribution is -2.32. The third-order valence-electron chi connectivity index (χ3n) is 2.08. The van der Waals surface area contributed by atoms with Gasteiger partial charge in [0.25, 0.3) is 0 Å². The number of nitrogens with zero attached hydrogens (tertiary/aromatic N) is 1. The first kappa shape index (κ1) is 11.1. The lowest BCUT2D eigenvalue weighted by molar-refractivity contribution is -0.157. The number of thiazole rings is 1. The molecule has 0 radical (unpaired) electrons. The van der Waals surface area contributed by atoms with Crippen LogP contribution in [0, 0.1) is 5.41 Å². The van der Waals surface area contributed by atoms with Crippen molar-refractivity contribution in [3.63, 3.8) is 0 Å². The van der Waals surface area contributed by atoms with Gasteiger partial charge < -0.3 is 9.84 Å². The molecule has 0 aliphatic heterocycles. The SMILES string of the molecule is COC(=O)C(C)(C)[C@H](O)c1nccs1. The van der Waals surface area contributed by atoms with Crippen molar-refractivity contribution in [1.29, 1.82) is 0 Å². The lowest BCUT2D eigenvalue weighted by atomic mass is 9.87. The standard InChI is InChI=1S/C9H13NO3S/c1-9(2,8(12)13-3)6(11)7-10-4-5-14-7/h4-6,11H,1-3H3/t6-/m1/s1. The van der Waals surface area contributed by atoms with Crippen molar-refractivity contribution in [3.05, 3.63) is 16.6 Å². The van der Waals surface area contributed by atoms with Crippen LogP contribution in [-0.2, 0) is 9.53 Å². The van der Waals surface area contributed by atoms with Crippen LogP contribution in [-0.4, -0.2) is 23.2 Å². The van der Waals surface area contributed by atoms with Crippen molar-refractivity contribution < 1.29 is 14.6 Å². The van der Waals surface area contributed by atoms with Crippen LogP contribution in [0.5, 0.6) is 0 Å². The fourth-order valence-corrected chi connectivity index (χ4v) is 1.86. The van der Waals surface area contributed by atoms with E-state index in [0.29, 0.717) is 5.01 Å². The van der Waals surface area contributed by atoms with Crippen LogP contribution in [0.1, 0.15) is 25.0 Å². The molecule has 0 saturated heterocycles. The second-order valence-corrected chi connectivity index (χ2v) is 4.41. The molecule has 14 heavy (non-hydrogen) atoms. The highest BCUT2D eigenvalue weighted by molar-refractivity contribution is 7.09. The summed E-state index contributed by atoms with van der Waals surface area (Å²) < 4.78 is 4.61. The maximum atomic E-state index is 11.4. The van der Waals surface area contributed by atoms with Gasteiger partial charge in [-0.3, -0.25) is 4.79 Å². The predicted molar refractivity (Wildman–Crippen MR) is 52.9 cm³/mol. The van der Waals surface area contributed by atoms with Gasteiger partial charge in [-0.2, -0.15) is 0 Å². The number of aliphatic hydroxyl groups is 1. The molecule has 1 aromatic rings. The molecule has 0 aromatic carbocycles. The van der Waals surface area contributed by atoms with Gasteiger partial charge >= 0.3 is 5.97 Å². The normalized spacial score (nSPS) is 13.7. The number of hydrogen-bond donors (Lipinski definition) is 1. The minimum atomic E-state index is -0.966. The molecule has 0 saturated carbocycles. The number of carbonyl (C=O) groups excluding carboxylic acids is 1. The fraction of sp³-hybridized carbons (Fsp3) is 0.556. The molecule has 0 aliphatic rings. The quantitative estimate of drug-likeness (QED) is 0.774. The number of hydrogen-bond acceptors (Lipinski definition) is 5. The zero-order valence-corrected chi connectivity index (χ0v) is 9.17. The number of aliphatic hydroxyl groups excluding tert-OH is 1. The van der Waals surface area contributed by atoms with Gasteiger partial charge in [0.05, 0.1) is 12.5 Å². The summed E-state index contributed by atoms with van der Waals surface area (Å²) in [6, 6.07) is 0. The van der Waals surface area contributed by atoms with E-state index in [1.54, 1.807) is 25.4 Å². The van der Waals surface area contributed by atoms with E-state index in [2.05, 4.69) is 9.72 Å². The van der Waals surface area contributed by atoms with E-state index in [1.165, 1.54) is 18.4 Å². The Balaban J connectivity index is 2.88. The molecule has 0 unspecified atom stereocenters. The summed E-state index contributed by atoms with van der Waals surface area (Å²) in [5.74, 6) is -0.444. The Morgan fingerprint density at radius 2 is 2.36 bits per heavy atom. The van der Waals surface area contributed by atoms with Gasteiger partial charge in [-0.1, -0.05) is 0 Å². The van der Waals surface area contributed by atoms with E-state index < -0.39 is 17.5 Å². The first-order valence-corrected chi connectivity index (χ1v) is 5.04. The van der Waals surface area contributed by atoms with Gasteiger partial charge in [-0.15, -0.1) is 11.3 Å². The molecule has 1 atom stereocenters. The maximum Gasteiger partial charge on any atom is 0.314 e. The molecular weight excluding hydrogens is 202 g/mol. The van der Waals surface area contributed by atoms with Gasteiger partial charge in [0.2, 0.25) is 0 Å². The van der Waals surface area contributed by atoms with Crippen LogP contribution in [0.25, 0.3) is 0 Å². The second-order valence-electron chi connectivity index (χ2n) is 3.49. The van der Waals surface area contributed by atoms with E-state index in [4.69, 9.17) is 0 Å². The Hall–Kier alpha value is -0.940. The number of rotatable bonds is 3. The Kier molecular flexibility index (Phi) is 3.23. The second kappa shape index (κ2) is 4.06. The molecule has 1 heterocycles. The van der Waals surface area contributed by atoms with E-state index >= 15 is 0 Å². The molecule has 5 heteroatoms. The molecule has 0 aliphatic carbocycles. The molecule has 1 rings (SSSR count). The van der Waals surface area contributed by atoms with Gasteiger partial charge in [0.1, 0.15) is 11.1 Å². The molecule has 0 amide bonds. The number of methoxy groups -OCH3 is 1. The Labute approximate surface area is 86.6 Å². The number of carbonyl (C=O) groups is 1. The maximum absolute atomic E-state index is 11.4. The third-order valence-corrected chi connectivity index (χ3v) is 2.91. The summed E-state index contributed by atoms with van der Waals surface area (Å²) in [6.07, 6.45) is 0.672. The number of esters is 1. The van der Waals surface area contributed by atoms with E-state index in [9.17, 15) is 9.90 Å². The third kappa shape index (κ3) is 1.93. The summed E-state index contributed by atoms with van der Waals surface area (Å²) in [7, 11) is 1.30. The van der Waals surface area contributed by atoms with Crippen molar-refractivity contribution in [2.24, 2.45) is 5.41 Å². The highest BCUT2D eigenvalue weighted by atomic mass is 32.1. The van der Waals surface area contributed by atoms with Crippen LogP contribution >= 0.6 is 11.3 Å². The van der Waals surface area contributed by atoms with Crippen LogP contribution in [0.2, 0.25) is 0 Å². The summed E-state index contributed by atoms with van der Waals surface area (Å²) in [4.78, 5) is 15.3. The zero-order chi connectivity index (χ0) is 10.8. The summed E-state index contributed by atoms with van der Waals surface area (Å²) in [5, 5.41) is 12.2. The number of ether oxygens (including phenoxy) is 1. The monoisotopic (exact) mass is 215 g/mol. The van der Waals surface area contributed by atoms with Gasteiger partial charge in [0, 0.05) is 11.6 Å². The van der Waals surface area contributed by atoms with Crippen LogP contribution in [0.15, 0.2) is 11.6 Å². The summed E-state index contributed by atoms with van der Waals surface area (Å²) >= 11 is 1.32. The summed E-state index contributed by atoms with van der Waals surface area (Å²) in [5.41, 5.74) is -0.966. The Morgan fingerprint density at radius 1 is 1.71 bits per heavy atom. The van der Waals surface area contributed by atoms with E-state index in [1.807, 2.05) is 0 Å².